The quantitative estimate of drug-likeness (QED) is 0.296. The predicted octanol–water partition coefficient (Wildman–Crippen LogP) is 4.85. The molecule has 25 heavy (non-hydrogen) atoms. The van der Waals surface area contributed by atoms with Crippen molar-refractivity contribution >= 4 is 60.8 Å². The molecule has 1 aliphatic rings. The monoisotopic (exact) mass is 489 g/mol. The van der Waals surface area contributed by atoms with E-state index in [1.165, 1.54) is 4.90 Å². The largest absolute Gasteiger partial charge is 0.487 e. The third-order valence-corrected chi connectivity index (χ3v) is 5.35. The van der Waals surface area contributed by atoms with Crippen LogP contribution in [0.3, 0.4) is 0 Å². The second kappa shape index (κ2) is 9.56. The molecule has 0 aliphatic carbocycles. The van der Waals surface area contributed by atoms with Gasteiger partial charge in [-0.3, -0.25) is 14.5 Å². The van der Waals surface area contributed by atoms with E-state index in [9.17, 15) is 9.59 Å². The lowest BCUT2D eigenvalue weighted by Crippen LogP contribution is -2.29. The SMILES string of the molecule is C=CCOc1c(Br)cc(/C=C2\SC(=O)N(CCCOC)C2=O)cc1Br. The average Bonchev–Trinajstić information content (AvgIpc) is 2.82. The Morgan fingerprint density at radius 2 is 1.96 bits per heavy atom. The van der Waals surface area contributed by atoms with E-state index in [1.54, 1.807) is 19.3 Å². The first-order valence-electron chi connectivity index (χ1n) is 7.45. The zero-order valence-electron chi connectivity index (χ0n) is 13.6. The molecule has 0 aromatic heterocycles. The lowest BCUT2D eigenvalue weighted by molar-refractivity contribution is -0.122. The molecule has 0 saturated carbocycles. The number of carbonyl (C=O) groups is 2. The molecule has 2 amide bonds. The molecule has 1 heterocycles. The van der Waals surface area contributed by atoms with Crippen molar-refractivity contribution < 1.29 is 19.1 Å². The minimum absolute atomic E-state index is 0.253. The first-order chi connectivity index (χ1) is 12.0. The van der Waals surface area contributed by atoms with Crippen molar-refractivity contribution in [1.82, 2.24) is 4.90 Å². The lowest BCUT2D eigenvalue weighted by Gasteiger charge is -2.11. The van der Waals surface area contributed by atoms with Crippen LogP contribution in [-0.4, -0.2) is 42.9 Å². The molecule has 0 N–H and O–H groups in total. The number of halogens is 2. The van der Waals surface area contributed by atoms with E-state index in [-0.39, 0.29) is 11.1 Å². The number of imide groups is 1. The molecule has 1 aromatic rings. The summed E-state index contributed by atoms with van der Waals surface area (Å²) >= 11 is 7.86. The van der Waals surface area contributed by atoms with E-state index in [2.05, 4.69) is 38.4 Å². The summed E-state index contributed by atoms with van der Waals surface area (Å²) in [7, 11) is 1.59. The highest BCUT2D eigenvalue weighted by Gasteiger charge is 2.34. The van der Waals surface area contributed by atoms with Gasteiger partial charge in [0.25, 0.3) is 11.1 Å². The van der Waals surface area contributed by atoms with Crippen LogP contribution in [0.25, 0.3) is 6.08 Å². The summed E-state index contributed by atoms with van der Waals surface area (Å²) in [6, 6.07) is 3.67. The summed E-state index contributed by atoms with van der Waals surface area (Å²) in [6.07, 6.45) is 3.98. The molecule has 1 aliphatic heterocycles. The highest BCUT2D eigenvalue weighted by Crippen LogP contribution is 2.37. The first-order valence-corrected chi connectivity index (χ1v) is 9.85. The summed E-state index contributed by atoms with van der Waals surface area (Å²) < 4.78 is 12.0. The van der Waals surface area contributed by atoms with Gasteiger partial charge in [0.1, 0.15) is 12.4 Å². The summed E-state index contributed by atoms with van der Waals surface area (Å²) in [4.78, 5) is 26.1. The molecule has 0 spiro atoms. The fraction of sp³-hybridized carbons (Fsp3) is 0.294. The second-order valence-corrected chi connectivity index (χ2v) is 7.79. The third-order valence-electron chi connectivity index (χ3n) is 3.27. The minimum Gasteiger partial charge on any atom is -0.487 e. The Bertz CT molecular complexity index is 698. The van der Waals surface area contributed by atoms with Crippen molar-refractivity contribution in [1.29, 1.82) is 0 Å². The van der Waals surface area contributed by atoms with E-state index >= 15 is 0 Å². The maximum Gasteiger partial charge on any atom is 0.293 e. The van der Waals surface area contributed by atoms with Crippen molar-refractivity contribution in [2.24, 2.45) is 0 Å². The number of nitrogens with zero attached hydrogens (tertiary/aromatic N) is 1. The maximum atomic E-state index is 12.4. The van der Waals surface area contributed by atoms with E-state index in [1.807, 2.05) is 12.1 Å². The first kappa shape index (κ1) is 20.2. The Morgan fingerprint density at radius 3 is 2.56 bits per heavy atom. The average molecular weight is 491 g/mol. The summed E-state index contributed by atoms with van der Waals surface area (Å²) in [5.74, 6) is 0.384. The van der Waals surface area contributed by atoms with E-state index in [4.69, 9.17) is 9.47 Å². The molecule has 8 heteroatoms. The van der Waals surface area contributed by atoms with Crippen molar-refractivity contribution in [3.63, 3.8) is 0 Å². The van der Waals surface area contributed by atoms with Crippen LogP contribution in [0.1, 0.15) is 12.0 Å². The Kier molecular flexibility index (Phi) is 7.74. The highest BCUT2D eigenvalue weighted by molar-refractivity contribution is 9.11. The van der Waals surface area contributed by atoms with Crippen LogP contribution in [0.4, 0.5) is 4.79 Å². The van der Waals surface area contributed by atoms with Crippen LogP contribution in [0.2, 0.25) is 0 Å². The van der Waals surface area contributed by atoms with E-state index < -0.39 is 0 Å². The number of ether oxygens (including phenoxy) is 2. The molecule has 0 unspecified atom stereocenters. The number of methoxy groups -OCH3 is 1. The van der Waals surface area contributed by atoms with E-state index in [0.717, 1.165) is 26.3 Å². The molecule has 1 aromatic carbocycles. The zero-order chi connectivity index (χ0) is 18.4. The van der Waals surface area contributed by atoms with Gasteiger partial charge in [0.2, 0.25) is 0 Å². The van der Waals surface area contributed by atoms with E-state index in [0.29, 0.717) is 36.8 Å². The van der Waals surface area contributed by atoms with Crippen molar-refractivity contribution in [2.45, 2.75) is 6.42 Å². The van der Waals surface area contributed by atoms with Crippen LogP contribution in [0.5, 0.6) is 5.75 Å². The molecule has 5 nitrogen and oxygen atoms in total. The van der Waals surface area contributed by atoms with Gasteiger partial charge in [-0.25, -0.2) is 0 Å². The summed E-state index contributed by atoms with van der Waals surface area (Å²) in [5.41, 5.74) is 0.784. The van der Waals surface area contributed by atoms with Gasteiger partial charge in [-0.2, -0.15) is 0 Å². The fourth-order valence-corrected chi connectivity index (χ4v) is 4.47. The number of hydrogen-bond acceptors (Lipinski definition) is 5. The number of benzene rings is 1. The highest BCUT2D eigenvalue weighted by atomic mass is 79.9. The Balaban J connectivity index is 2.18. The smallest absolute Gasteiger partial charge is 0.293 e. The Labute approximate surface area is 167 Å². The molecule has 0 radical (unpaired) electrons. The van der Waals surface area contributed by atoms with Crippen molar-refractivity contribution in [2.75, 3.05) is 26.9 Å². The van der Waals surface area contributed by atoms with Crippen LogP contribution in [0.15, 0.2) is 38.6 Å². The normalized spacial score (nSPS) is 16.0. The van der Waals surface area contributed by atoms with Gasteiger partial charge in [-0.05, 0) is 73.8 Å². The molecule has 0 bridgehead atoms. The van der Waals surface area contributed by atoms with Crippen LogP contribution in [-0.2, 0) is 9.53 Å². The predicted molar refractivity (Wildman–Crippen MR) is 107 cm³/mol. The summed E-state index contributed by atoms with van der Waals surface area (Å²) in [5, 5.41) is -0.253. The molecule has 1 saturated heterocycles. The third kappa shape index (κ3) is 5.20. The van der Waals surface area contributed by atoms with Gasteiger partial charge in [-0.15, -0.1) is 0 Å². The Hall–Kier alpha value is -1.09. The molecule has 2 rings (SSSR count). The van der Waals surface area contributed by atoms with Gasteiger partial charge >= 0.3 is 0 Å². The lowest BCUT2D eigenvalue weighted by atomic mass is 10.2. The molecule has 0 atom stereocenters. The van der Waals surface area contributed by atoms with Crippen molar-refractivity contribution in [3.8, 4) is 5.75 Å². The number of hydrogen-bond donors (Lipinski definition) is 0. The molecule has 134 valence electrons. The Morgan fingerprint density at radius 1 is 1.28 bits per heavy atom. The van der Waals surface area contributed by atoms with Crippen molar-refractivity contribution in [3.05, 3.63) is 44.2 Å². The van der Waals surface area contributed by atoms with Gasteiger partial charge in [0.15, 0.2) is 0 Å². The molecule has 1 fully saturated rings. The van der Waals surface area contributed by atoms with Crippen LogP contribution < -0.4 is 4.74 Å². The van der Waals surface area contributed by atoms with Gasteiger partial charge < -0.3 is 9.47 Å². The number of amides is 2. The van der Waals surface area contributed by atoms with Crippen LogP contribution >= 0.6 is 43.6 Å². The fourth-order valence-electron chi connectivity index (χ4n) is 2.15. The second-order valence-electron chi connectivity index (χ2n) is 5.09. The van der Waals surface area contributed by atoms with Crippen LogP contribution in [0, 0.1) is 0 Å². The number of carbonyl (C=O) groups excluding carboxylic acids is 2. The van der Waals surface area contributed by atoms with Gasteiger partial charge in [0, 0.05) is 20.3 Å². The van der Waals surface area contributed by atoms with Gasteiger partial charge in [-0.1, -0.05) is 12.7 Å². The summed E-state index contributed by atoms with van der Waals surface area (Å²) in [6.45, 7) is 4.87. The topological polar surface area (TPSA) is 55.8 Å². The molecular weight excluding hydrogens is 474 g/mol. The minimum atomic E-state index is -0.273. The zero-order valence-corrected chi connectivity index (χ0v) is 17.6. The van der Waals surface area contributed by atoms with Gasteiger partial charge in [0.05, 0.1) is 13.9 Å². The maximum absolute atomic E-state index is 12.4. The molecular formula is C17H17Br2NO4S. The standard InChI is InChI=1S/C17H17Br2NO4S/c1-3-6-24-15-12(18)8-11(9-13(15)19)10-14-16(21)20(17(22)25-14)5-4-7-23-2/h3,8-10H,1,4-7H2,2H3/b14-10-. The number of thioether (sulfide) groups is 1. The number of rotatable bonds is 8.